The fourth-order valence-corrected chi connectivity index (χ4v) is 3.28. The largest absolute Gasteiger partial charge is 0.416 e. The predicted octanol–water partition coefficient (Wildman–Crippen LogP) is 5.79. The Morgan fingerprint density at radius 2 is 1.76 bits per heavy atom. The van der Waals surface area contributed by atoms with Crippen molar-refractivity contribution in [2.45, 2.75) is 6.18 Å². The second kappa shape index (κ2) is 10.0. The zero-order chi connectivity index (χ0) is 26.7. The van der Waals surface area contributed by atoms with Crippen LogP contribution >= 0.6 is 0 Å². The molecule has 0 saturated carbocycles. The van der Waals surface area contributed by atoms with E-state index in [9.17, 15) is 26.7 Å². The van der Waals surface area contributed by atoms with Crippen molar-refractivity contribution in [1.82, 2.24) is 19.7 Å². The minimum atomic E-state index is -4.73. The summed E-state index contributed by atoms with van der Waals surface area (Å²) in [7, 11) is 1.68. The van der Waals surface area contributed by atoms with E-state index in [0.717, 1.165) is 18.3 Å². The number of carbonyl (C=O) groups excluding carboxylic acids is 1. The number of alkyl halides is 3. The molecule has 0 atom stereocenters. The van der Waals surface area contributed by atoms with Gasteiger partial charge in [-0.25, -0.2) is 13.8 Å². The van der Waals surface area contributed by atoms with E-state index in [0.29, 0.717) is 23.9 Å². The Kier molecular flexibility index (Phi) is 6.87. The van der Waals surface area contributed by atoms with Crippen LogP contribution in [0.15, 0.2) is 67.6 Å². The Morgan fingerprint density at radius 3 is 2.43 bits per heavy atom. The third-order valence-corrected chi connectivity index (χ3v) is 5.01. The number of rotatable bonds is 7. The summed E-state index contributed by atoms with van der Waals surface area (Å²) in [5.41, 5.74) is -1.22. The predicted molar refractivity (Wildman–Crippen MR) is 127 cm³/mol. The molecule has 0 spiro atoms. The van der Waals surface area contributed by atoms with Gasteiger partial charge in [-0.3, -0.25) is 9.48 Å². The fraction of sp³-hybridized carbons (Fsp3) is 0.0833. The molecule has 2 aromatic heterocycles. The summed E-state index contributed by atoms with van der Waals surface area (Å²) in [4.78, 5) is 20.0. The maximum atomic E-state index is 14.7. The molecule has 3 N–H and O–H groups in total. The van der Waals surface area contributed by atoms with Gasteiger partial charge >= 0.3 is 6.18 Å². The van der Waals surface area contributed by atoms with Gasteiger partial charge in [0.1, 0.15) is 17.5 Å². The highest BCUT2D eigenvalue weighted by atomic mass is 19.4. The quantitative estimate of drug-likeness (QED) is 0.213. The van der Waals surface area contributed by atoms with Crippen molar-refractivity contribution < 1.29 is 26.7 Å². The molecule has 0 bridgehead atoms. The molecule has 0 aliphatic heterocycles. The number of hydrogen-bond acceptors (Lipinski definition) is 6. The zero-order valence-corrected chi connectivity index (χ0v) is 19.1. The molecule has 1 amide bonds. The molecule has 4 rings (SSSR count). The van der Waals surface area contributed by atoms with Crippen molar-refractivity contribution in [2.75, 3.05) is 16.0 Å². The SMILES string of the molecule is C=CC(=O)Nc1ccc(F)c(Nc2nc(Nc3cnn(C)c3)ncc2-c2cc(C(F)(F)F)ccc2F)c1. The van der Waals surface area contributed by atoms with Crippen molar-refractivity contribution in [3.63, 3.8) is 0 Å². The van der Waals surface area contributed by atoms with E-state index in [4.69, 9.17) is 0 Å². The van der Waals surface area contributed by atoms with Gasteiger partial charge in [0.2, 0.25) is 11.9 Å². The molecular formula is C24H18F5N7O. The average molecular weight is 515 g/mol. The molecule has 37 heavy (non-hydrogen) atoms. The van der Waals surface area contributed by atoms with Crippen molar-refractivity contribution in [2.24, 2.45) is 7.05 Å². The number of hydrogen-bond donors (Lipinski definition) is 3. The van der Waals surface area contributed by atoms with Crippen LogP contribution in [-0.2, 0) is 18.0 Å². The second-order valence-corrected chi connectivity index (χ2v) is 7.69. The Balaban J connectivity index is 1.81. The molecule has 0 fully saturated rings. The van der Waals surface area contributed by atoms with Crippen LogP contribution in [0.25, 0.3) is 11.1 Å². The molecule has 4 aromatic rings. The third-order valence-electron chi connectivity index (χ3n) is 5.01. The number of aryl methyl sites for hydroxylation is 1. The van der Waals surface area contributed by atoms with Gasteiger partial charge in [0, 0.05) is 36.3 Å². The van der Waals surface area contributed by atoms with Gasteiger partial charge in [-0.15, -0.1) is 0 Å². The van der Waals surface area contributed by atoms with Gasteiger partial charge in [-0.2, -0.15) is 23.3 Å². The van der Waals surface area contributed by atoms with Crippen LogP contribution in [0.5, 0.6) is 0 Å². The first-order valence-electron chi connectivity index (χ1n) is 10.5. The third kappa shape index (κ3) is 5.89. The van der Waals surface area contributed by atoms with Crippen LogP contribution < -0.4 is 16.0 Å². The Hall–Kier alpha value is -4.81. The van der Waals surface area contributed by atoms with Crippen LogP contribution in [-0.4, -0.2) is 25.7 Å². The molecule has 0 radical (unpaired) electrons. The first-order chi connectivity index (χ1) is 17.5. The van der Waals surface area contributed by atoms with Gasteiger partial charge in [-0.05, 0) is 42.5 Å². The monoisotopic (exact) mass is 515 g/mol. The van der Waals surface area contributed by atoms with Gasteiger partial charge < -0.3 is 16.0 Å². The minimum Gasteiger partial charge on any atom is -0.337 e. The smallest absolute Gasteiger partial charge is 0.337 e. The molecule has 0 saturated heterocycles. The summed E-state index contributed by atoms with van der Waals surface area (Å²) in [6, 6.07) is 5.49. The standard InChI is InChI=1S/C24H18F5N7O/c1-3-21(37)32-14-5-7-19(26)20(9-14)34-22-17(16-8-13(24(27,28)29)4-6-18(16)25)11-30-23(35-22)33-15-10-31-36(2)12-15/h3-12H,1H2,2H3,(H,32,37)(H2,30,33,34,35). The molecule has 0 unspecified atom stereocenters. The summed E-state index contributed by atoms with van der Waals surface area (Å²) in [6.45, 7) is 3.34. The molecule has 13 heteroatoms. The van der Waals surface area contributed by atoms with E-state index in [1.165, 1.54) is 23.0 Å². The summed E-state index contributed by atoms with van der Waals surface area (Å²) in [5.74, 6) is -2.52. The topological polar surface area (TPSA) is 96.8 Å². The lowest BCUT2D eigenvalue weighted by Crippen LogP contribution is -2.09. The van der Waals surface area contributed by atoms with Crippen molar-refractivity contribution in [3.8, 4) is 11.1 Å². The first kappa shape index (κ1) is 25.3. The number of benzene rings is 2. The summed E-state index contributed by atoms with van der Waals surface area (Å²) < 4.78 is 70.9. The van der Waals surface area contributed by atoms with Gasteiger partial charge in [-0.1, -0.05) is 6.58 Å². The van der Waals surface area contributed by atoms with Crippen LogP contribution in [0.3, 0.4) is 0 Å². The second-order valence-electron chi connectivity index (χ2n) is 7.69. The highest BCUT2D eigenvalue weighted by Crippen LogP contribution is 2.37. The maximum absolute atomic E-state index is 14.7. The molecule has 0 aliphatic rings. The van der Waals surface area contributed by atoms with E-state index in [1.54, 1.807) is 13.2 Å². The van der Waals surface area contributed by atoms with Gasteiger partial charge in [0.05, 0.1) is 23.1 Å². The lowest BCUT2D eigenvalue weighted by molar-refractivity contribution is -0.137. The molecule has 2 heterocycles. The number of anilines is 5. The minimum absolute atomic E-state index is 0.0249. The van der Waals surface area contributed by atoms with Crippen molar-refractivity contribution in [1.29, 1.82) is 0 Å². The number of nitrogens with zero attached hydrogens (tertiary/aromatic N) is 4. The Labute approximate surface area is 206 Å². The molecular weight excluding hydrogens is 497 g/mol. The highest BCUT2D eigenvalue weighted by Gasteiger charge is 2.31. The van der Waals surface area contributed by atoms with Crippen molar-refractivity contribution >= 4 is 34.7 Å². The maximum Gasteiger partial charge on any atom is 0.416 e. The highest BCUT2D eigenvalue weighted by molar-refractivity contribution is 5.99. The van der Waals surface area contributed by atoms with Crippen LogP contribution in [0.2, 0.25) is 0 Å². The Morgan fingerprint density at radius 1 is 1.00 bits per heavy atom. The number of carbonyl (C=O) groups is 1. The average Bonchev–Trinajstić information content (AvgIpc) is 3.25. The molecule has 190 valence electrons. The first-order valence-corrected chi connectivity index (χ1v) is 10.5. The summed E-state index contributed by atoms with van der Waals surface area (Å²) in [6.07, 6.45) is 0.479. The van der Waals surface area contributed by atoms with Gasteiger partial charge in [0.15, 0.2) is 0 Å². The van der Waals surface area contributed by atoms with Crippen molar-refractivity contribution in [3.05, 3.63) is 84.8 Å². The van der Waals surface area contributed by atoms with E-state index in [2.05, 4.69) is 37.6 Å². The molecule has 0 aliphatic carbocycles. The van der Waals surface area contributed by atoms with E-state index >= 15 is 0 Å². The van der Waals surface area contributed by atoms with Gasteiger partial charge in [0.25, 0.3) is 0 Å². The summed E-state index contributed by atoms with van der Waals surface area (Å²) >= 11 is 0. The lowest BCUT2D eigenvalue weighted by Gasteiger charge is -2.16. The number of aromatic nitrogens is 4. The van der Waals surface area contributed by atoms with E-state index in [1.807, 2.05) is 0 Å². The lowest BCUT2D eigenvalue weighted by atomic mass is 10.0. The van der Waals surface area contributed by atoms with E-state index < -0.39 is 34.8 Å². The number of amides is 1. The Bertz CT molecular complexity index is 1480. The number of halogens is 5. The normalized spacial score (nSPS) is 11.2. The molecule has 2 aromatic carbocycles. The fourth-order valence-electron chi connectivity index (χ4n) is 3.28. The summed E-state index contributed by atoms with van der Waals surface area (Å²) in [5, 5.41) is 12.0. The van der Waals surface area contributed by atoms with Crippen LogP contribution in [0.1, 0.15) is 5.56 Å². The van der Waals surface area contributed by atoms with Crippen LogP contribution in [0.4, 0.5) is 50.8 Å². The number of nitrogens with one attached hydrogen (secondary N) is 3. The zero-order valence-electron chi connectivity index (χ0n) is 19.1. The molecule has 8 nitrogen and oxygen atoms in total. The van der Waals surface area contributed by atoms with Crippen LogP contribution in [0, 0.1) is 11.6 Å². The van der Waals surface area contributed by atoms with E-state index in [-0.39, 0.29) is 28.7 Å².